The summed E-state index contributed by atoms with van der Waals surface area (Å²) in [6.45, 7) is 0.211. The number of rotatable bonds is 4. The molecule has 22 heavy (non-hydrogen) atoms. The summed E-state index contributed by atoms with van der Waals surface area (Å²) < 4.78 is 0. The zero-order valence-corrected chi connectivity index (χ0v) is 13.2. The van der Waals surface area contributed by atoms with Crippen molar-refractivity contribution >= 4 is 33.3 Å². The third-order valence-electron chi connectivity index (χ3n) is 3.36. The number of likely N-dealkylation sites (N-methyl/N-ethyl adjacent to an activating group) is 1. The maximum absolute atomic E-state index is 11.8. The van der Waals surface area contributed by atoms with Crippen molar-refractivity contribution in [2.45, 2.75) is 0 Å². The molecule has 0 fully saturated rings. The molecule has 0 radical (unpaired) electrons. The van der Waals surface area contributed by atoms with Crippen LogP contribution in [0, 0.1) is 0 Å². The van der Waals surface area contributed by atoms with Gasteiger partial charge in [-0.2, -0.15) is 0 Å². The summed E-state index contributed by atoms with van der Waals surface area (Å²) in [5.41, 5.74) is 2.20. The van der Waals surface area contributed by atoms with Gasteiger partial charge in [-0.1, -0.05) is 30.3 Å². The largest absolute Gasteiger partial charge is 0.360 e. The zero-order chi connectivity index (χ0) is 15.5. The Hall–Kier alpha value is -2.47. The molecular formula is C16H16N4OS. The Bertz CT molecular complexity index is 798. The third-order valence-corrected chi connectivity index (χ3v) is 4.25. The molecule has 0 aliphatic rings. The number of carbonyl (C=O) groups excluding carboxylic acids is 1. The first-order chi connectivity index (χ1) is 10.7. The van der Waals surface area contributed by atoms with E-state index in [1.807, 2.05) is 18.2 Å². The van der Waals surface area contributed by atoms with Crippen molar-refractivity contribution < 1.29 is 4.79 Å². The van der Waals surface area contributed by atoms with Crippen LogP contribution in [0.4, 0.5) is 5.82 Å². The Kier molecular flexibility index (Phi) is 4.02. The van der Waals surface area contributed by atoms with Gasteiger partial charge in [-0.3, -0.25) is 4.79 Å². The number of hydrogen-bond acceptors (Lipinski definition) is 5. The molecule has 2 aromatic heterocycles. The molecule has 0 saturated heterocycles. The van der Waals surface area contributed by atoms with Gasteiger partial charge in [0.25, 0.3) is 0 Å². The van der Waals surface area contributed by atoms with E-state index in [0.29, 0.717) is 5.82 Å². The fourth-order valence-electron chi connectivity index (χ4n) is 2.16. The first-order valence-corrected chi connectivity index (χ1v) is 7.76. The van der Waals surface area contributed by atoms with Crippen molar-refractivity contribution in [3.05, 3.63) is 42.0 Å². The summed E-state index contributed by atoms with van der Waals surface area (Å²) in [6, 6.07) is 10.1. The number of nitrogens with one attached hydrogen (secondary N) is 1. The van der Waals surface area contributed by atoms with E-state index in [1.165, 1.54) is 6.33 Å². The van der Waals surface area contributed by atoms with Crippen LogP contribution >= 0.6 is 11.3 Å². The van der Waals surface area contributed by atoms with E-state index in [-0.39, 0.29) is 12.5 Å². The highest BCUT2D eigenvalue weighted by atomic mass is 32.1. The number of hydrogen-bond donors (Lipinski definition) is 1. The number of amides is 1. The molecule has 0 aliphatic carbocycles. The number of fused-ring (bicyclic) bond motifs is 1. The molecule has 0 unspecified atom stereocenters. The Balaban J connectivity index is 2.00. The fraction of sp³-hybridized carbons (Fsp3) is 0.188. The van der Waals surface area contributed by atoms with Crippen molar-refractivity contribution in [2.75, 3.05) is 26.0 Å². The number of anilines is 1. The van der Waals surface area contributed by atoms with E-state index in [2.05, 4.69) is 32.8 Å². The SMILES string of the molecule is CN(C)C(=O)CNc1ncnc2scc(-c3ccccc3)c12. The molecule has 1 N–H and O–H groups in total. The van der Waals surface area contributed by atoms with Crippen LogP contribution in [0.15, 0.2) is 42.0 Å². The molecule has 0 saturated carbocycles. The van der Waals surface area contributed by atoms with Crippen LogP contribution in [0.5, 0.6) is 0 Å². The van der Waals surface area contributed by atoms with E-state index >= 15 is 0 Å². The van der Waals surface area contributed by atoms with Gasteiger partial charge in [0, 0.05) is 25.0 Å². The lowest BCUT2D eigenvalue weighted by atomic mass is 10.1. The molecule has 0 bridgehead atoms. The summed E-state index contributed by atoms with van der Waals surface area (Å²) in [4.78, 5) is 22.9. The second-order valence-electron chi connectivity index (χ2n) is 5.06. The molecule has 5 nitrogen and oxygen atoms in total. The Morgan fingerprint density at radius 2 is 2.00 bits per heavy atom. The van der Waals surface area contributed by atoms with Crippen LogP contribution in [-0.2, 0) is 4.79 Å². The third kappa shape index (κ3) is 2.78. The van der Waals surface area contributed by atoms with Gasteiger partial charge in [0.15, 0.2) is 0 Å². The van der Waals surface area contributed by atoms with Gasteiger partial charge in [-0.15, -0.1) is 11.3 Å². The predicted octanol–water partition coefficient (Wildman–Crippen LogP) is 2.86. The summed E-state index contributed by atoms with van der Waals surface area (Å²) in [5, 5.41) is 6.17. The molecule has 0 spiro atoms. The van der Waals surface area contributed by atoms with Gasteiger partial charge in [0.05, 0.1) is 11.9 Å². The standard InChI is InChI=1S/C16H16N4OS/c1-20(2)13(21)8-17-15-14-12(11-6-4-3-5-7-11)9-22-16(14)19-10-18-15/h3-7,9-10H,8H2,1-2H3,(H,17,18,19). The molecule has 3 aromatic rings. The minimum absolute atomic E-state index is 0.00301. The van der Waals surface area contributed by atoms with Crippen molar-refractivity contribution in [3.8, 4) is 11.1 Å². The predicted molar refractivity (Wildman–Crippen MR) is 90.0 cm³/mol. The fourth-order valence-corrected chi connectivity index (χ4v) is 3.07. The quantitative estimate of drug-likeness (QED) is 0.805. The zero-order valence-electron chi connectivity index (χ0n) is 12.4. The Labute approximate surface area is 132 Å². The van der Waals surface area contributed by atoms with Gasteiger partial charge in [-0.05, 0) is 5.56 Å². The number of thiophene rings is 1. The van der Waals surface area contributed by atoms with Crippen molar-refractivity contribution in [1.29, 1.82) is 0 Å². The Morgan fingerprint density at radius 1 is 1.23 bits per heavy atom. The van der Waals surface area contributed by atoms with Crippen LogP contribution in [0.2, 0.25) is 0 Å². The van der Waals surface area contributed by atoms with Crippen molar-refractivity contribution in [3.63, 3.8) is 0 Å². The van der Waals surface area contributed by atoms with Gasteiger partial charge in [0.2, 0.25) is 5.91 Å². The summed E-state index contributed by atoms with van der Waals surface area (Å²) in [5.74, 6) is 0.698. The van der Waals surface area contributed by atoms with Crippen molar-refractivity contribution in [1.82, 2.24) is 14.9 Å². The second kappa shape index (κ2) is 6.11. The lowest BCUT2D eigenvalue weighted by Crippen LogP contribution is -2.28. The van der Waals surface area contributed by atoms with Crippen LogP contribution in [0.3, 0.4) is 0 Å². The topological polar surface area (TPSA) is 58.1 Å². The summed E-state index contributed by atoms with van der Waals surface area (Å²) in [7, 11) is 3.47. The average molecular weight is 312 g/mol. The number of nitrogens with zero attached hydrogens (tertiary/aromatic N) is 3. The van der Waals surface area contributed by atoms with E-state index in [9.17, 15) is 4.79 Å². The molecule has 0 aliphatic heterocycles. The minimum Gasteiger partial charge on any atom is -0.360 e. The number of carbonyl (C=O) groups is 1. The highest BCUT2D eigenvalue weighted by Gasteiger charge is 2.13. The van der Waals surface area contributed by atoms with Gasteiger partial charge in [0.1, 0.15) is 17.0 Å². The van der Waals surface area contributed by atoms with E-state index in [4.69, 9.17) is 0 Å². The highest BCUT2D eigenvalue weighted by molar-refractivity contribution is 7.17. The molecule has 0 atom stereocenters. The molecule has 2 heterocycles. The van der Waals surface area contributed by atoms with E-state index in [1.54, 1.807) is 30.3 Å². The van der Waals surface area contributed by atoms with Crippen LogP contribution in [-0.4, -0.2) is 41.4 Å². The molecule has 1 amide bonds. The van der Waals surface area contributed by atoms with E-state index < -0.39 is 0 Å². The number of benzene rings is 1. The maximum Gasteiger partial charge on any atom is 0.241 e. The van der Waals surface area contributed by atoms with Crippen LogP contribution in [0.25, 0.3) is 21.3 Å². The van der Waals surface area contributed by atoms with Crippen LogP contribution in [0.1, 0.15) is 0 Å². The van der Waals surface area contributed by atoms with Crippen LogP contribution < -0.4 is 5.32 Å². The minimum atomic E-state index is 0.00301. The van der Waals surface area contributed by atoms with Gasteiger partial charge < -0.3 is 10.2 Å². The maximum atomic E-state index is 11.8. The smallest absolute Gasteiger partial charge is 0.241 e. The molecule has 112 valence electrons. The second-order valence-corrected chi connectivity index (χ2v) is 5.92. The van der Waals surface area contributed by atoms with Gasteiger partial charge >= 0.3 is 0 Å². The monoisotopic (exact) mass is 312 g/mol. The molecular weight excluding hydrogens is 296 g/mol. The van der Waals surface area contributed by atoms with Crippen molar-refractivity contribution in [2.24, 2.45) is 0 Å². The van der Waals surface area contributed by atoms with Gasteiger partial charge in [-0.25, -0.2) is 9.97 Å². The average Bonchev–Trinajstić information content (AvgIpc) is 2.98. The molecule has 3 rings (SSSR count). The lowest BCUT2D eigenvalue weighted by molar-refractivity contribution is -0.126. The number of aromatic nitrogens is 2. The molecule has 6 heteroatoms. The first kappa shape index (κ1) is 14.5. The Morgan fingerprint density at radius 3 is 2.73 bits per heavy atom. The summed E-state index contributed by atoms with van der Waals surface area (Å²) in [6.07, 6.45) is 1.52. The highest BCUT2D eigenvalue weighted by Crippen LogP contribution is 2.36. The summed E-state index contributed by atoms with van der Waals surface area (Å²) >= 11 is 1.58. The first-order valence-electron chi connectivity index (χ1n) is 6.88. The van der Waals surface area contributed by atoms with E-state index in [0.717, 1.165) is 21.3 Å². The molecule has 1 aromatic carbocycles. The normalized spacial score (nSPS) is 10.6. The lowest BCUT2D eigenvalue weighted by Gasteiger charge is -2.12.